The highest BCUT2D eigenvalue weighted by atomic mass is 35.5. The van der Waals surface area contributed by atoms with Crippen molar-refractivity contribution in [3.63, 3.8) is 0 Å². The smallest absolute Gasteiger partial charge is 0.240 e. The maximum Gasteiger partial charge on any atom is 0.240 e. The van der Waals surface area contributed by atoms with Crippen molar-refractivity contribution in [3.8, 4) is 0 Å². The van der Waals surface area contributed by atoms with Gasteiger partial charge in [0.1, 0.15) is 5.65 Å². The first-order chi connectivity index (χ1) is 10.1. The lowest BCUT2D eigenvalue weighted by Crippen LogP contribution is -2.56. The predicted octanol–water partition coefficient (Wildman–Crippen LogP) is 1.96. The average Bonchev–Trinajstić information content (AvgIpc) is 2.87. The minimum atomic E-state index is -0.833. The van der Waals surface area contributed by atoms with Gasteiger partial charge in [0.15, 0.2) is 0 Å². The van der Waals surface area contributed by atoms with Crippen LogP contribution in [-0.4, -0.2) is 34.0 Å². The summed E-state index contributed by atoms with van der Waals surface area (Å²) in [6, 6.07) is 3.61. The molecule has 0 unspecified atom stereocenters. The number of nitrogens with one attached hydrogen (secondary N) is 1. The summed E-state index contributed by atoms with van der Waals surface area (Å²) in [4.78, 5) is 16.6. The second-order valence-corrected chi connectivity index (χ2v) is 5.73. The summed E-state index contributed by atoms with van der Waals surface area (Å²) in [6.45, 7) is 1.39. The molecule has 1 saturated heterocycles. The molecule has 9 heteroatoms. The molecular formula is C14H19Cl3N4O2. The van der Waals surface area contributed by atoms with E-state index in [2.05, 4.69) is 10.3 Å². The minimum absolute atomic E-state index is 0. The Morgan fingerprint density at radius 3 is 2.74 bits per heavy atom. The summed E-state index contributed by atoms with van der Waals surface area (Å²) < 4.78 is 7.07. The van der Waals surface area contributed by atoms with Crippen molar-refractivity contribution in [1.29, 1.82) is 0 Å². The van der Waals surface area contributed by atoms with E-state index in [-0.39, 0.29) is 30.7 Å². The lowest BCUT2D eigenvalue weighted by Gasteiger charge is -2.31. The van der Waals surface area contributed by atoms with E-state index < -0.39 is 5.54 Å². The number of imidazole rings is 1. The van der Waals surface area contributed by atoms with Gasteiger partial charge < -0.3 is 20.2 Å². The zero-order chi connectivity index (χ0) is 14.9. The molecule has 0 aromatic carbocycles. The normalized spacial score (nSPS) is 16.3. The highest BCUT2D eigenvalue weighted by Crippen LogP contribution is 2.18. The summed E-state index contributed by atoms with van der Waals surface area (Å²) in [5, 5.41) is 3.49. The average molecular weight is 382 g/mol. The number of carbonyl (C=O) groups is 1. The van der Waals surface area contributed by atoms with Crippen molar-refractivity contribution in [3.05, 3.63) is 35.2 Å². The predicted molar refractivity (Wildman–Crippen MR) is 93.5 cm³/mol. The first-order valence-corrected chi connectivity index (χ1v) is 7.23. The Hall–Kier alpha value is -1.05. The number of carbonyl (C=O) groups excluding carboxylic acids is 1. The number of rotatable bonds is 3. The van der Waals surface area contributed by atoms with Crippen molar-refractivity contribution >= 4 is 48.0 Å². The van der Waals surface area contributed by atoms with Gasteiger partial charge in [0.25, 0.3) is 0 Å². The van der Waals surface area contributed by atoms with Gasteiger partial charge in [-0.2, -0.15) is 0 Å². The summed E-state index contributed by atoms with van der Waals surface area (Å²) >= 11 is 5.93. The van der Waals surface area contributed by atoms with E-state index in [9.17, 15) is 4.79 Å². The van der Waals surface area contributed by atoms with Crippen molar-refractivity contribution in [2.24, 2.45) is 5.73 Å². The van der Waals surface area contributed by atoms with E-state index >= 15 is 0 Å². The van der Waals surface area contributed by atoms with Crippen LogP contribution in [0, 0.1) is 0 Å². The Balaban J connectivity index is 0.00000132. The fourth-order valence-corrected chi connectivity index (χ4v) is 2.58. The summed E-state index contributed by atoms with van der Waals surface area (Å²) in [5.74, 6) is -0.152. The van der Waals surface area contributed by atoms with Gasteiger partial charge in [-0.05, 0) is 25.0 Å². The molecule has 0 radical (unpaired) electrons. The van der Waals surface area contributed by atoms with Gasteiger partial charge in [-0.25, -0.2) is 4.98 Å². The third-order valence-electron chi connectivity index (χ3n) is 3.73. The van der Waals surface area contributed by atoms with Crippen LogP contribution in [-0.2, 0) is 16.1 Å². The van der Waals surface area contributed by atoms with Crippen LogP contribution in [0.15, 0.2) is 24.5 Å². The lowest BCUT2D eigenvalue weighted by atomic mass is 9.90. The van der Waals surface area contributed by atoms with Crippen LogP contribution in [0.5, 0.6) is 0 Å². The van der Waals surface area contributed by atoms with Crippen molar-refractivity contribution in [2.45, 2.75) is 24.9 Å². The SMILES string of the molecule is Cl.Cl.NC1(C(=O)NCc2cn3cc(Cl)ccc3n2)CCOCC1. The number of fused-ring (bicyclic) bond motifs is 1. The zero-order valence-electron chi connectivity index (χ0n) is 12.3. The minimum Gasteiger partial charge on any atom is -0.381 e. The number of ether oxygens (including phenoxy) is 1. The standard InChI is InChI=1S/C14H17ClN4O2.2ClH/c15-10-1-2-12-18-11(9-19(12)8-10)7-17-13(20)14(16)3-5-21-6-4-14;;/h1-2,8-9H,3-7,16H2,(H,17,20);2*1H. The highest BCUT2D eigenvalue weighted by molar-refractivity contribution is 6.30. The Labute approximate surface area is 151 Å². The number of hydrogen-bond acceptors (Lipinski definition) is 4. The van der Waals surface area contributed by atoms with E-state index in [4.69, 9.17) is 22.1 Å². The molecule has 0 aliphatic carbocycles. The van der Waals surface area contributed by atoms with Gasteiger partial charge in [0, 0.05) is 25.6 Å². The molecule has 0 atom stereocenters. The number of amides is 1. The van der Waals surface area contributed by atoms with E-state index in [1.165, 1.54) is 0 Å². The summed E-state index contributed by atoms with van der Waals surface area (Å²) in [7, 11) is 0. The summed E-state index contributed by atoms with van der Waals surface area (Å²) in [6.07, 6.45) is 4.70. The monoisotopic (exact) mass is 380 g/mol. The van der Waals surface area contributed by atoms with E-state index in [0.29, 0.717) is 37.6 Å². The Morgan fingerprint density at radius 2 is 2.04 bits per heavy atom. The van der Waals surface area contributed by atoms with Gasteiger partial charge >= 0.3 is 0 Å². The van der Waals surface area contributed by atoms with E-state index in [1.807, 2.05) is 16.7 Å². The van der Waals surface area contributed by atoms with Crippen molar-refractivity contribution < 1.29 is 9.53 Å². The highest BCUT2D eigenvalue weighted by Gasteiger charge is 2.35. The molecule has 1 amide bonds. The second-order valence-electron chi connectivity index (χ2n) is 5.30. The van der Waals surface area contributed by atoms with Crippen molar-refractivity contribution in [1.82, 2.24) is 14.7 Å². The van der Waals surface area contributed by atoms with Crippen LogP contribution >= 0.6 is 36.4 Å². The van der Waals surface area contributed by atoms with Gasteiger partial charge in [0.05, 0.1) is 22.8 Å². The number of aromatic nitrogens is 2. The lowest BCUT2D eigenvalue weighted by molar-refractivity contribution is -0.129. The maximum atomic E-state index is 12.2. The molecule has 3 rings (SSSR count). The number of nitrogens with zero attached hydrogens (tertiary/aromatic N) is 2. The molecule has 0 bridgehead atoms. The number of pyridine rings is 1. The largest absolute Gasteiger partial charge is 0.381 e. The second kappa shape index (κ2) is 8.17. The molecule has 2 aromatic rings. The zero-order valence-corrected chi connectivity index (χ0v) is 14.7. The molecule has 128 valence electrons. The number of nitrogens with two attached hydrogens (primary N) is 1. The molecule has 1 aliphatic rings. The first kappa shape index (κ1) is 20.0. The number of halogens is 3. The van der Waals surface area contributed by atoms with Crippen LogP contribution in [0.25, 0.3) is 5.65 Å². The molecule has 23 heavy (non-hydrogen) atoms. The molecule has 3 heterocycles. The molecule has 6 nitrogen and oxygen atoms in total. The van der Waals surface area contributed by atoms with Gasteiger partial charge in [0.2, 0.25) is 5.91 Å². The van der Waals surface area contributed by atoms with Gasteiger partial charge in [-0.1, -0.05) is 11.6 Å². The molecule has 0 saturated carbocycles. The third kappa shape index (κ3) is 4.49. The quantitative estimate of drug-likeness (QED) is 0.851. The van der Waals surface area contributed by atoms with Crippen LogP contribution in [0.2, 0.25) is 5.02 Å². The van der Waals surface area contributed by atoms with Crippen LogP contribution < -0.4 is 11.1 Å². The fourth-order valence-electron chi connectivity index (χ4n) is 2.41. The number of hydrogen-bond donors (Lipinski definition) is 2. The van der Waals surface area contributed by atoms with E-state index in [1.54, 1.807) is 12.3 Å². The van der Waals surface area contributed by atoms with Crippen LogP contribution in [0.1, 0.15) is 18.5 Å². The molecule has 3 N–H and O–H groups in total. The molecule has 1 fully saturated rings. The van der Waals surface area contributed by atoms with E-state index in [0.717, 1.165) is 11.3 Å². The Kier molecular flexibility index (Phi) is 7.10. The topological polar surface area (TPSA) is 81.7 Å². The first-order valence-electron chi connectivity index (χ1n) is 6.85. The fraction of sp³-hybridized carbons (Fsp3) is 0.429. The van der Waals surface area contributed by atoms with Gasteiger partial charge in [-0.3, -0.25) is 4.79 Å². The van der Waals surface area contributed by atoms with Crippen LogP contribution in [0.3, 0.4) is 0 Å². The Morgan fingerprint density at radius 1 is 1.35 bits per heavy atom. The Bertz CT molecular complexity index is 671. The van der Waals surface area contributed by atoms with Gasteiger partial charge in [-0.15, -0.1) is 24.8 Å². The van der Waals surface area contributed by atoms with Crippen molar-refractivity contribution in [2.75, 3.05) is 13.2 Å². The van der Waals surface area contributed by atoms with Crippen LogP contribution in [0.4, 0.5) is 0 Å². The molecule has 0 spiro atoms. The molecule has 1 aliphatic heterocycles. The molecule has 2 aromatic heterocycles. The molecular weight excluding hydrogens is 363 g/mol. The maximum absolute atomic E-state index is 12.2. The third-order valence-corrected chi connectivity index (χ3v) is 3.96. The summed E-state index contributed by atoms with van der Waals surface area (Å²) in [5.41, 5.74) is 6.85.